The van der Waals surface area contributed by atoms with Gasteiger partial charge in [0.1, 0.15) is 5.69 Å². The second kappa shape index (κ2) is 9.32. The van der Waals surface area contributed by atoms with Crippen LogP contribution in [0.25, 0.3) is 0 Å². The lowest BCUT2D eigenvalue weighted by atomic mass is 9.70. The SMILES string of the molecule is CS(=O)(=O)c1nc(C(F)(F)F)ccc1C(=O)NCC1(CC2CC2)CCC(S(=O)(=O)CC2CC2)CC1. The van der Waals surface area contributed by atoms with Crippen molar-refractivity contribution in [2.75, 3.05) is 18.6 Å². The lowest BCUT2D eigenvalue weighted by Gasteiger charge is -2.40. The normalized spacial score (nSPS) is 25.9. The van der Waals surface area contributed by atoms with Crippen molar-refractivity contribution < 1.29 is 34.8 Å². The first-order chi connectivity index (χ1) is 16.2. The number of sulfone groups is 2. The molecular formula is C23H31F3N2O5S2. The molecule has 3 aliphatic carbocycles. The summed E-state index contributed by atoms with van der Waals surface area (Å²) in [5, 5.41) is 1.46. The smallest absolute Gasteiger partial charge is 0.351 e. The van der Waals surface area contributed by atoms with E-state index in [4.69, 9.17) is 0 Å². The van der Waals surface area contributed by atoms with Crippen molar-refractivity contribution in [3.05, 3.63) is 23.4 Å². The van der Waals surface area contributed by atoms with Crippen LogP contribution < -0.4 is 5.32 Å². The van der Waals surface area contributed by atoms with E-state index in [2.05, 4.69) is 10.3 Å². The van der Waals surface area contributed by atoms with Gasteiger partial charge in [0.2, 0.25) is 0 Å². The van der Waals surface area contributed by atoms with Gasteiger partial charge < -0.3 is 5.32 Å². The topological polar surface area (TPSA) is 110 Å². The molecule has 12 heteroatoms. The van der Waals surface area contributed by atoms with E-state index in [-0.39, 0.29) is 23.0 Å². The molecule has 7 nitrogen and oxygen atoms in total. The van der Waals surface area contributed by atoms with Crippen molar-refractivity contribution in [2.24, 2.45) is 17.3 Å². The zero-order valence-corrected chi connectivity index (χ0v) is 21.2. The van der Waals surface area contributed by atoms with Crippen molar-refractivity contribution in [1.29, 1.82) is 0 Å². The second-order valence-corrected chi connectivity index (χ2v) is 14.9. The van der Waals surface area contributed by atoms with Crippen molar-refractivity contribution in [2.45, 2.75) is 74.2 Å². The molecule has 1 N–H and O–H groups in total. The molecule has 0 aromatic carbocycles. The Hall–Kier alpha value is -1.69. The molecule has 3 aliphatic rings. The Bertz CT molecular complexity index is 1180. The van der Waals surface area contributed by atoms with Gasteiger partial charge in [-0.25, -0.2) is 21.8 Å². The fourth-order valence-electron chi connectivity index (χ4n) is 5.12. The zero-order valence-electron chi connectivity index (χ0n) is 19.6. The molecule has 1 aromatic heterocycles. The molecular weight excluding hydrogens is 505 g/mol. The molecule has 1 aromatic rings. The van der Waals surface area contributed by atoms with Gasteiger partial charge in [-0.05, 0) is 74.3 Å². The fraction of sp³-hybridized carbons (Fsp3) is 0.739. The van der Waals surface area contributed by atoms with Crippen molar-refractivity contribution in [3.8, 4) is 0 Å². The summed E-state index contributed by atoms with van der Waals surface area (Å²) in [4.78, 5) is 16.2. The maximum absolute atomic E-state index is 13.0. The van der Waals surface area contributed by atoms with Crippen LogP contribution in [0.3, 0.4) is 0 Å². The number of pyridine rings is 1. The number of aromatic nitrogens is 1. The average molecular weight is 537 g/mol. The third-order valence-corrected chi connectivity index (χ3v) is 10.9. The van der Waals surface area contributed by atoms with Crippen LogP contribution in [0, 0.1) is 17.3 Å². The Kier molecular flexibility index (Phi) is 7.02. The number of amides is 1. The van der Waals surface area contributed by atoms with Crippen LogP contribution in [0.5, 0.6) is 0 Å². The molecule has 0 aliphatic heterocycles. The highest BCUT2D eigenvalue weighted by Crippen LogP contribution is 2.49. The van der Waals surface area contributed by atoms with Crippen LogP contribution in [0.1, 0.15) is 73.8 Å². The summed E-state index contributed by atoms with van der Waals surface area (Å²) in [5.74, 6) is 0.258. The van der Waals surface area contributed by atoms with Gasteiger partial charge in [-0.15, -0.1) is 0 Å². The summed E-state index contributed by atoms with van der Waals surface area (Å²) in [7, 11) is -7.35. The number of hydrogen-bond acceptors (Lipinski definition) is 6. The van der Waals surface area contributed by atoms with E-state index in [1.54, 1.807) is 0 Å². The van der Waals surface area contributed by atoms with Crippen LogP contribution in [-0.2, 0) is 25.9 Å². The Labute approximate surface area is 204 Å². The van der Waals surface area contributed by atoms with E-state index in [1.807, 2.05) is 0 Å². The van der Waals surface area contributed by atoms with Crippen LogP contribution in [0.2, 0.25) is 0 Å². The van der Waals surface area contributed by atoms with E-state index in [0.717, 1.165) is 38.2 Å². The maximum Gasteiger partial charge on any atom is 0.433 e. The molecule has 35 heavy (non-hydrogen) atoms. The lowest BCUT2D eigenvalue weighted by Crippen LogP contribution is -2.43. The molecule has 4 rings (SSSR count). The van der Waals surface area contributed by atoms with Crippen LogP contribution in [0.4, 0.5) is 13.2 Å². The van der Waals surface area contributed by atoms with Gasteiger partial charge in [0, 0.05) is 12.8 Å². The summed E-state index contributed by atoms with van der Waals surface area (Å²) in [5.41, 5.74) is -2.12. The molecule has 0 atom stereocenters. The lowest BCUT2D eigenvalue weighted by molar-refractivity contribution is -0.141. The monoisotopic (exact) mass is 536 g/mol. The standard InChI is InChI=1S/C23H31F3N2O5S2/c1-34(30,31)21-18(6-7-19(28-21)23(24,25)26)20(29)27-14-22(12-15-2-3-15)10-8-17(9-11-22)35(32,33)13-16-4-5-16/h6-7,15-17H,2-5,8-14H2,1H3,(H,27,29). The van der Waals surface area contributed by atoms with Crippen molar-refractivity contribution >= 4 is 25.6 Å². The number of alkyl halides is 3. The first kappa shape index (κ1) is 26.4. The van der Waals surface area contributed by atoms with Gasteiger partial charge in [0.15, 0.2) is 24.7 Å². The molecule has 1 heterocycles. The van der Waals surface area contributed by atoms with Gasteiger partial charge >= 0.3 is 6.18 Å². The minimum Gasteiger partial charge on any atom is -0.351 e. The Balaban J connectivity index is 1.48. The molecule has 196 valence electrons. The number of rotatable bonds is 9. The number of halogens is 3. The number of carbonyl (C=O) groups is 1. The minimum absolute atomic E-state index is 0.210. The molecule has 3 saturated carbocycles. The molecule has 0 unspecified atom stereocenters. The predicted molar refractivity (Wildman–Crippen MR) is 123 cm³/mol. The van der Waals surface area contributed by atoms with E-state index in [1.165, 1.54) is 0 Å². The fourth-order valence-corrected chi connectivity index (χ4v) is 8.16. The highest BCUT2D eigenvalue weighted by Gasteiger charge is 2.44. The summed E-state index contributed by atoms with van der Waals surface area (Å²) in [6.07, 6.45) is 3.11. The molecule has 0 radical (unpaired) electrons. The largest absolute Gasteiger partial charge is 0.433 e. The highest BCUT2D eigenvalue weighted by molar-refractivity contribution is 7.92. The number of hydrogen-bond donors (Lipinski definition) is 1. The maximum atomic E-state index is 13.0. The first-order valence-electron chi connectivity index (χ1n) is 12.0. The van der Waals surface area contributed by atoms with Crippen molar-refractivity contribution in [3.63, 3.8) is 0 Å². The van der Waals surface area contributed by atoms with Crippen molar-refractivity contribution in [1.82, 2.24) is 10.3 Å². The zero-order chi connectivity index (χ0) is 25.6. The second-order valence-electron chi connectivity index (χ2n) is 10.6. The molecule has 0 bridgehead atoms. The Morgan fingerprint density at radius 3 is 2.14 bits per heavy atom. The Morgan fingerprint density at radius 1 is 1.03 bits per heavy atom. The predicted octanol–water partition coefficient (Wildman–Crippen LogP) is 3.79. The highest BCUT2D eigenvalue weighted by atomic mass is 32.2. The summed E-state index contributed by atoms with van der Waals surface area (Å²) in [6.45, 7) is 0.210. The number of nitrogens with one attached hydrogen (secondary N) is 1. The summed E-state index contributed by atoms with van der Waals surface area (Å²) >= 11 is 0. The van der Waals surface area contributed by atoms with Gasteiger partial charge in [0.05, 0.1) is 16.6 Å². The van der Waals surface area contributed by atoms with Gasteiger partial charge in [-0.3, -0.25) is 4.79 Å². The minimum atomic E-state index is -4.85. The van der Waals surface area contributed by atoms with E-state index < -0.39 is 48.0 Å². The first-order valence-corrected chi connectivity index (χ1v) is 15.6. The van der Waals surface area contributed by atoms with Crippen LogP contribution in [-0.4, -0.2) is 51.5 Å². The van der Waals surface area contributed by atoms with Gasteiger partial charge in [-0.2, -0.15) is 13.2 Å². The van der Waals surface area contributed by atoms with E-state index >= 15 is 0 Å². The number of carbonyl (C=O) groups excluding carboxylic acids is 1. The van der Waals surface area contributed by atoms with E-state index in [0.29, 0.717) is 49.8 Å². The molecule has 1 amide bonds. The quantitative estimate of drug-likeness (QED) is 0.514. The summed E-state index contributed by atoms with van der Waals surface area (Å²) < 4.78 is 88.8. The third kappa shape index (κ3) is 6.55. The Morgan fingerprint density at radius 2 is 1.63 bits per heavy atom. The molecule has 0 spiro atoms. The third-order valence-electron chi connectivity index (χ3n) is 7.46. The van der Waals surface area contributed by atoms with Gasteiger partial charge in [-0.1, -0.05) is 12.8 Å². The van der Waals surface area contributed by atoms with Crippen LogP contribution >= 0.6 is 0 Å². The van der Waals surface area contributed by atoms with Crippen LogP contribution in [0.15, 0.2) is 17.2 Å². The average Bonchev–Trinajstić information content (AvgIpc) is 3.69. The summed E-state index contributed by atoms with van der Waals surface area (Å²) in [6, 6.07) is 1.44. The molecule has 0 saturated heterocycles. The van der Waals surface area contributed by atoms with E-state index in [9.17, 15) is 34.8 Å². The van der Waals surface area contributed by atoms with Gasteiger partial charge in [0.25, 0.3) is 5.91 Å². The number of nitrogens with zero attached hydrogens (tertiary/aromatic N) is 1. The molecule has 3 fully saturated rings.